The van der Waals surface area contributed by atoms with Crippen LogP contribution in [0.3, 0.4) is 0 Å². The lowest BCUT2D eigenvalue weighted by atomic mass is 9.60. The Labute approximate surface area is 109 Å². The van der Waals surface area contributed by atoms with Gasteiger partial charge in [-0.3, -0.25) is 0 Å². The van der Waals surface area contributed by atoms with E-state index in [0.29, 0.717) is 11.8 Å². The van der Waals surface area contributed by atoms with Crippen molar-refractivity contribution >= 4 is 0 Å². The summed E-state index contributed by atoms with van der Waals surface area (Å²) < 4.78 is 33.1. The van der Waals surface area contributed by atoms with Crippen LogP contribution in [0, 0.1) is 16.7 Å². The van der Waals surface area contributed by atoms with Crippen molar-refractivity contribution < 1.29 is 13.5 Å². The number of hydrogen-bond acceptors (Lipinski definition) is 1. The minimum Gasteiger partial charge on any atom is -0.381 e. The molecule has 1 heterocycles. The molecule has 0 bridgehead atoms. The minimum absolute atomic E-state index is 0.0259. The maximum Gasteiger partial charge on any atom is 0.252 e. The highest BCUT2D eigenvalue weighted by atomic mass is 19.3. The first kappa shape index (κ1) is 14.2. The predicted octanol–water partition coefficient (Wildman–Crippen LogP) is 4.65. The Morgan fingerprint density at radius 1 is 1.22 bits per heavy atom. The van der Waals surface area contributed by atoms with Crippen LogP contribution in [-0.4, -0.2) is 19.1 Å². The molecule has 0 amide bonds. The molecule has 2 atom stereocenters. The second-order valence-corrected chi connectivity index (χ2v) is 7.27. The van der Waals surface area contributed by atoms with E-state index >= 15 is 0 Å². The average molecular weight is 260 g/mol. The van der Waals surface area contributed by atoms with Crippen LogP contribution in [0.2, 0.25) is 0 Å². The number of unbranched alkanes of at least 4 members (excludes halogenated alkanes) is 1. The summed E-state index contributed by atoms with van der Waals surface area (Å²) in [6, 6.07) is 0. The highest BCUT2D eigenvalue weighted by Gasteiger charge is 2.50. The zero-order chi connectivity index (χ0) is 13.4. The highest BCUT2D eigenvalue weighted by molar-refractivity contribution is 4.98. The first-order chi connectivity index (χ1) is 8.27. The third-order valence-electron chi connectivity index (χ3n) is 5.08. The zero-order valence-corrected chi connectivity index (χ0v) is 11.9. The summed E-state index contributed by atoms with van der Waals surface area (Å²) in [5, 5.41) is 0. The molecule has 2 aliphatic rings. The van der Waals surface area contributed by atoms with Crippen LogP contribution in [0.4, 0.5) is 8.78 Å². The summed E-state index contributed by atoms with van der Waals surface area (Å²) in [6.07, 6.45) is 5.19. The van der Waals surface area contributed by atoms with Gasteiger partial charge in [-0.15, -0.1) is 0 Å². The molecule has 0 aromatic heterocycles. The first-order valence-electron chi connectivity index (χ1n) is 7.22. The van der Waals surface area contributed by atoms with Gasteiger partial charge in [0.05, 0.1) is 13.2 Å². The second kappa shape index (κ2) is 4.73. The summed E-state index contributed by atoms with van der Waals surface area (Å²) >= 11 is 0. The Morgan fingerprint density at radius 3 is 2.44 bits per heavy atom. The molecule has 0 spiro atoms. The van der Waals surface area contributed by atoms with Gasteiger partial charge in [-0.1, -0.05) is 27.2 Å². The van der Waals surface area contributed by atoms with Crippen LogP contribution < -0.4 is 0 Å². The number of fused-ring (bicyclic) bond motifs is 1. The summed E-state index contributed by atoms with van der Waals surface area (Å²) in [7, 11) is 0. The van der Waals surface area contributed by atoms with Crippen molar-refractivity contribution in [2.45, 2.75) is 65.2 Å². The van der Waals surface area contributed by atoms with E-state index in [4.69, 9.17) is 4.74 Å². The van der Waals surface area contributed by atoms with Crippen molar-refractivity contribution in [3.8, 4) is 0 Å². The van der Waals surface area contributed by atoms with Crippen LogP contribution in [0.15, 0.2) is 0 Å². The van der Waals surface area contributed by atoms with Crippen molar-refractivity contribution in [2.75, 3.05) is 13.2 Å². The molecule has 1 aliphatic heterocycles. The standard InChI is InChI=1S/C15H26F2O/c1-13(2,3)15(16,17)8-5-4-7-14-9-6-12(14)10-18-11-14/h12H,4-11H2,1-3H3. The largest absolute Gasteiger partial charge is 0.381 e. The van der Waals surface area contributed by atoms with E-state index in [-0.39, 0.29) is 6.42 Å². The third kappa shape index (κ3) is 2.56. The molecule has 0 radical (unpaired) electrons. The van der Waals surface area contributed by atoms with Crippen molar-refractivity contribution in [1.82, 2.24) is 0 Å². The molecule has 1 saturated heterocycles. The lowest BCUT2D eigenvalue weighted by molar-refractivity contribution is -0.104. The van der Waals surface area contributed by atoms with E-state index in [1.54, 1.807) is 20.8 Å². The van der Waals surface area contributed by atoms with E-state index in [1.807, 2.05) is 0 Å². The van der Waals surface area contributed by atoms with Crippen LogP contribution >= 0.6 is 0 Å². The van der Waals surface area contributed by atoms with E-state index < -0.39 is 11.3 Å². The van der Waals surface area contributed by atoms with Crippen LogP contribution in [-0.2, 0) is 4.74 Å². The number of rotatable bonds is 5. The Morgan fingerprint density at radius 2 is 1.94 bits per heavy atom. The molecule has 18 heavy (non-hydrogen) atoms. The van der Waals surface area contributed by atoms with Gasteiger partial charge in [0.25, 0.3) is 5.92 Å². The molecular weight excluding hydrogens is 234 g/mol. The molecule has 0 N–H and O–H groups in total. The zero-order valence-electron chi connectivity index (χ0n) is 11.9. The molecule has 2 unspecified atom stereocenters. The fraction of sp³-hybridized carbons (Fsp3) is 1.00. The maximum absolute atomic E-state index is 13.8. The van der Waals surface area contributed by atoms with Crippen LogP contribution in [0.25, 0.3) is 0 Å². The quantitative estimate of drug-likeness (QED) is 0.653. The summed E-state index contributed by atoms with van der Waals surface area (Å²) in [5.41, 5.74) is -0.544. The smallest absolute Gasteiger partial charge is 0.252 e. The lowest BCUT2D eigenvalue weighted by Crippen LogP contribution is -2.39. The summed E-state index contributed by atoms with van der Waals surface area (Å²) in [6.45, 7) is 6.64. The Hall–Kier alpha value is -0.180. The number of hydrogen-bond donors (Lipinski definition) is 0. The van der Waals surface area contributed by atoms with E-state index in [1.165, 1.54) is 12.8 Å². The van der Waals surface area contributed by atoms with Crippen molar-refractivity contribution in [1.29, 1.82) is 0 Å². The fourth-order valence-corrected chi connectivity index (χ4v) is 3.21. The number of ether oxygens (including phenoxy) is 1. The molecule has 2 fully saturated rings. The Bertz CT molecular complexity index is 291. The number of alkyl halides is 2. The molecule has 0 aromatic rings. The molecule has 3 heteroatoms. The van der Waals surface area contributed by atoms with Gasteiger partial charge in [0.15, 0.2) is 0 Å². The molecule has 1 saturated carbocycles. The molecule has 106 valence electrons. The molecule has 1 aliphatic carbocycles. The Kier molecular flexibility index (Phi) is 3.74. The summed E-state index contributed by atoms with van der Waals surface area (Å²) in [4.78, 5) is 0. The topological polar surface area (TPSA) is 9.23 Å². The van der Waals surface area contributed by atoms with Crippen LogP contribution in [0.5, 0.6) is 0 Å². The highest BCUT2D eigenvalue weighted by Crippen LogP contribution is 2.54. The first-order valence-corrected chi connectivity index (χ1v) is 7.22. The molecule has 2 rings (SSSR count). The van der Waals surface area contributed by atoms with Crippen LogP contribution in [0.1, 0.15) is 59.3 Å². The van der Waals surface area contributed by atoms with Gasteiger partial charge in [0, 0.05) is 11.8 Å². The van der Waals surface area contributed by atoms with Gasteiger partial charge >= 0.3 is 0 Å². The van der Waals surface area contributed by atoms with Crippen molar-refractivity contribution in [2.24, 2.45) is 16.7 Å². The van der Waals surface area contributed by atoms with E-state index in [2.05, 4.69) is 0 Å². The minimum atomic E-state index is -2.55. The molecule has 1 nitrogen and oxygen atoms in total. The lowest BCUT2D eigenvalue weighted by Gasteiger charge is -2.43. The SMILES string of the molecule is CC(C)(C)C(F)(F)CCCCC12CCC1COC2. The van der Waals surface area contributed by atoms with E-state index in [0.717, 1.165) is 32.0 Å². The molecule has 0 aromatic carbocycles. The summed E-state index contributed by atoms with van der Waals surface area (Å²) in [5.74, 6) is -1.82. The average Bonchev–Trinajstić information content (AvgIpc) is 2.49. The van der Waals surface area contributed by atoms with Gasteiger partial charge in [-0.25, -0.2) is 8.78 Å². The monoisotopic (exact) mass is 260 g/mol. The Balaban J connectivity index is 1.71. The number of halogens is 2. The molecular formula is C15H26F2O. The van der Waals surface area contributed by atoms with Gasteiger partial charge in [-0.2, -0.15) is 0 Å². The third-order valence-corrected chi connectivity index (χ3v) is 5.08. The van der Waals surface area contributed by atoms with Crippen molar-refractivity contribution in [3.63, 3.8) is 0 Å². The van der Waals surface area contributed by atoms with Gasteiger partial charge in [0.1, 0.15) is 0 Å². The van der Waals surface area contributed by atoms with Gasteiger partial charge in [0.2, 0.25) is 0 Å². The fourth-order valence-electron chi connectivity index (χ4n) is 3.21. The van der Waals surface area contributed by atoms with Gasteiger partial charge in [-0.05, 0) is 37.0 Å². The second-order valence-electron chi connectivity index (χ2n) is 7.27. The predicted molar refractivity (Wildman–Crippen MR) is 68.8 cm³/mol. The van der Waals surface area contributed by atoms with Gasteiger partial charge < -0.3 is 4.74 Å². The normalized spacial score (nSPS) is 32.2. The van der Waals surface area contributed by atoms with E-state index in [9.17, 15) is 8.78 Å². The maximum atomic E-state index is 13.8. The van der Waals surface area contributed by atoms with Crippen molar-refractivity contribution in [3.05, 3.63) is 0 Å².